The molecule has 1 aromatic rings. The van der Waals surface area contributed by atoms with E-state index in [1.54, 1.807) is 0 Å². The Labute approximate surface area is 139 Å². The highest BCUT2D eigenvalue weighted by Crippen LogP contribution is 2.27. The van der Waals surface area contributed by atoms with Crippen molar-refractivity contribution in [3.8, 4) is 0 Å². The van der Waals surface area contributed by atoms with E-state index in [9.17, 15) is 23.1 Å². The Bertz CT molecular complexity index is 753. The van der Waals surface area contributed by atoms with E-state index in [0.29, 0.717) is 0 Å². The molecule has 0 spiro atoms. The van der Waals surface area contributed by atoms with Crippen LogP contribution in [-0.2, 0) is 19.6 Å². The van der Waals surface area contributed by atoms with Crippen LogP contribution >= 0.6 is 0 Å². The lowest BCUT2D eigenvalue weighted by atomic mass is 10.2. The molecule has 0 bridgehead atoms. The van der Waals surface area contributed by atoms with E-state index < -0.39 is 27.9 Å². The molecule has 0 aliphatic carbocycles. The van der Waals surface area contributed by atoms with E-state index in [0.717, 1.165) is 10.4 Å². The molecule has 2 atom stereocenters. The van der Waals surface area contributed by atoms with Crippen molar-refractivity contribution in [2.24, 2.45) is 0 Å². The van der Waals surface area contributed by atoms with Gasteiger partial charge in [0, 0.05) is 40.2 Å². The summed E-state index contributed by atoms with van der Waals surface area (Å²) in [6, 6.07) is 0.108. The van der Waals surface area contributed by atoms with Crippen LogP contribution in [0.5, 0.6) is 0 Å². The van der Waals surface area contributed by atoms with Crippen molar-refractivity contribution in [1.82, 2.24) is 9.21 Å². The predicted octanol–water partition coefficient (Wildman–Crippen LogP) is 0.152. The predicted molar refractivity (Wildman–Crippen MR) is 82.2 cm³/mol. The monoisotopic (exact) mass is 360 g/mol. The molecule has 134 valence electrons. The van der Waals surface area contributed by atoms with Crippen LogP contribution in [0.2, 0.25) is 0 Å². The fourth-order valence-electron chi connectivity index (χ4n) is 2.56. The number of ether oxygens (including phenoxy) is 1. The van der Waals surface area contributed by atoms with Crippen LogP contribution in [-0.4, -0.2) is 74.5 Å². The van der Waals surface area contributed by atoms with Gasteiger partial charge in [-0.25, -0.2) is 17.5 Å². The number of carbonyl (C=O) groups is 2. The fourth-order valence-corrected chi connectivity index (χ4v) is 3.41. The molecule has 24 heavy (non-hydrogen) atoms. The minimum absolute atomic E-state index is 0.0263. The topological polar surface area (TPSA) is 117 Å². The summed E-state index contributed by atoms with van der Waals surface area (Å²) in [6.45, 7) is 1.58. The average molecular weight is 360 g/mol. The Kier molecular flexibility index (Phi) is 5.02. The smallest absolute Gasteiger partial charge is 0.326 e. The minimum atomic E-state index is -3.83. The molecule has 10 heteroatoms. The number of methoxy groups -OCH3 is 1. The van der Waals surface area contributed by atoms with Crippen LogP contribution in [0, 0.1) is 6.92 Å². The van der Waals surface area contributed by atoms with E-state index in [1.807, 2.05) is 0 Å². The first-order valence-electron chi connectivity index (χ1n) is 7.19. The third-order valence-corrected chi connectivity index (χ3v) is 5.67. The van der Waals surface area contributed by atoms with Gasteiger partial charge in [-0.1, -0.05) is 0 Å². The Balaban J connectivity index is 2.37. The molecule has 0 aromatic carbocycles. The van der Waals surface area contributed by atoms with Crippen molar-refractivity contribution in [2.45, 2.75) is 30.6 Å². The molecular weight excluding hydrogens is 340 g/mol. The number of nitrogens with zero attached hydrogens (tertiary/aromatic N) is 2. The van der Waals surface area contributed by atoms with Crippen molar-refractivity contribution in [3.63, 3.8) is 0 Å². The van der Waals surface area contributed by atoms with Crippen molar-refractivity contribution in [3.05, 3.63) is 17.4 Å². The van der Waals surface area contributed by atoms with E-state index in [4.69, 9.17) is 9.15 Å². The maximum atomic E-state index is 12.7. The Morgan fingerprint density at radius 2 is 2.04 bits per heavy atom. The molecule has 0 radical (unpaired) electrons. The van der Waals surface area contributed by atoms with Gasteiger partial charge in [-0.2, -0.15) is 0 Å². The van der Waals surface area contributed by atoms with Crippen molar-refractivity contribution in [2.75, 3.05) is 27.7 Å². The number of rotatable bonds is 5. The summed E-state index contributed by atoms with van der Waals surface area (Å²) in [6.07, 6.45) is -0.204. The summed E-state index contributed by atoms with van der Waals surface area (Å²) >= 11 is 0. The maximum absolute atomic E-state index is 12.7. The maximum Gasteiger partial charge on any atom is 0.326 e. The van der Waals surface area contributed by atoms with Gasteiger partial charge in [0.15, 0.2) is 0 Å². The van der Waals surface area contributed by atoms with Gasteiger partial charge in [-0.15, -0.1) is 0 Å². The van der Waals surface area contributed by atoms with Gasteiger partial charge in [-0.3, -0.25) is 4.79 Å². The largest absolute Gasteiger partial charge is 0.480 e. The molecule has 1 aliphatic rings. The first kappa shape index (κ1) is 18.4. The zero-order chi connectivity index (χ0) is 18.2. The molecule has 2 heterocycles. The highest BCUT2D eigenvalue weighted by molar-refractivity contribution is 7.88. The number of furan rings is 1. The lowest BCUT2D eigenvalue weighted by Gasteiger charge is -2.20. The fraction of sp³-hybridized carbons (Fsp3) is 0.571. The quantitative estimate of drug-likeness (QED) is 0.794. The number of hydrogen-bond acceptors (Lipinski definition) is 6. The Morgan fingerprint density at radius 1 is 1.42 bits per heavy atom. The van der Waals surface area contributed by atoms with Crippen LogP contribution in [0.1, 0.15) is 22.5 Å². The number of aryl methyl sites for hydroxylation is 1. The standard InChI is InChI=1S/C14H20N2O7S/c1-8-10(6-12(23-8)24(20,21)15(2)3)13(17)16-7-9(22-4)5-11(16)14(18)19/h6,9,11H,5,7H2,1-4H3,(H,18,19). The van der Waals surface area contributed by atoms with Gasteiger partial charge in [-0.05, 0) is 6.92 Å². The number of amides is 1. The van der Waals surface area contributed by atoms with Gasteiger partial charge >= 0.3 is 5.97 Å². The van der Waals surface area contributed by atoms with Gasteiger partial charge in [0.1, 0.15) is 11.8 Å². The molecule has 2 rings (SSSR count). The second-order valence-electron chi connectivity index (χ2n) is 5.73. The van der Waals surface area contributed by atoms with Crippen LogP contribution in [0.4, 0.5) is 0 Å². The lowest BCUT2D eigenvalue weighted by Crippen LogP contribution is -2.40. The van der Waals surface area contributed by atoms with E-state index in [1.165, 1.54) is 33.0 Å². The number of hydrogen-bond donors (Lipinski definition) is 1. The van der Waals surface area contributed by atoms with Crippen molar-refractivity contribution in [1.29, 1.82) is 0 Å². The summed E-state index contributed by atoms with van der Waals surface area (Å²) in [7, 11) is 0.313. The third kappa shape index (κ3) is 3.17. The molecule has 1 saturated heterocycles. The molecule has 9 nitrogen and oxygen atoms in total. The van der Waals surface area contributed by atoms with Gasteiger partial charge in [0.2, 0.25) is 5.09 Å². The molecule has 2 unspecified atom stereocenters. The zero-order valence-electron chi connectivity index (χ0n) is 13.8. The van der Waals surface area contributed by atoms with E-state index in [2.05, 4.69) is 0 Å². The Hall–Kier alpha value is -1.91. The molecule has 1 aliphatic heterocycles. The molecule has 1 N–H and O–H groups in total. The van der Waals surface area contributed by atoms with Gasteiger partial charge < -0.3 is 19.2 Å². The van der Waals surface area contributed by atoms with Gasteiger partial charge in [0.25, 0.3) is 15.9 Å². The summed E-state index contributed by atoms with van der Waals surface area (Å²) in [5, 5.41) is 8.94. The lowest BCUT2D eigenvalue weighted by molar-refractivity contribution is -0.141. The van der Waals surface area contributed by atoms with Gasteiger partial charge in [0.05, 0.1) is 11.7 Å². The third-order valence-electron chi connectivity index (χ3n) is 4.00. The molecule has 0 saturated carbocycles. The van der Waals surface area contributed by atoms with E-state index in [-0.39, 0.29) is 35.5 Å². The average Bonchev–Trinajstić information content (AvgIpc) is 3.10. The molecular formula is C14H20N2O7S. The zero-order valence-corrected chi connectivity index (χ0v) is 14.7. The van der Waals surface area contributed by atoms with Crippen molar-refractivity contribution >= 4 is 21.9 Å². The molecule has 1 fully saturated rings. The van der Waals surface area contributed by atoms with Crippen molar-refractivity contribution < 1.29 is 32.3 Å². The normalized spacial score (nSPS) is 21.5. The number of aliphatic carboxylic acids is 1. The SMILES string of the molecule is COC1CC(C(=O)O)N(C(=O)c2cc(S(=O)(=O)N(C)C)oc2C)C1. The number of sulfonamides is 1. The van der Waals surface area contributed by atoms with Crippen LogP contribution in [0.25, 0.3) is 0 Å². The minimum Gasteiger partial charge on any atom is -0.480 e. The van der Waals surface area contributed by atoms with Crippen LogP contribution in [0.3, 0.4) is 0 Å². The molecule has 1 aromatic heterocycles. The van der Waals surface area contributed by atoms with Crippen LogP contribution < -0.4 is 0 Å². The number of carboxylic acids is 1. The van der Waals surface area contributed by atoms with E-state index >= 15 is 0 Å². The Morgan fingerprint density at radius 3 is 2.54 bits per heavy atom. The summed E-state index contributed by atoms with van der Waals surface area (Å²) in [5.74, 6) is -1.61. The second-order valence-corrected chi connectivity index (χ2v) is 7.81. The summed E-state index contributed by atoms with van der Waals surface area (Å²) < 4.78 is 35.5. The highest BCUT2D eigenvalue weighted by Gasteiger charge is 2.41. The first-order chi connectivity index (χ1) is 11.1. The number of carboxylic acid groups (broad SMARTS) is 1. The van der Waals surface area contributed by atoms with Crippen LogP contribution in [0.15, 0.2) is 15.6 Å². The molecule has 1 amide bonds. The summed E-state index contributed by atoms with van der Waals surface area (Å²) in [4.78, 5) is 25.2. The number of likely N-dealkylation sites (tertiary alicyclic amines) is 1. The highest BCUT2D eigenvalue weighted by atomic mass is 32.2. The second kappa shape index (κ2) is 6.54. The summed E-state index contributed by atoms with van der Waals surface area (Å²) in [5.41, 5.74) is 0.0263. The number of carbonyl (C=O) groups excluding carboxylic acids is 1. The first-order valence-corrected chi connectivity index (χ1v) is 8.63.